The molecule has 0 aliphatic carbocycles. The molecule has 2 saturated heterocycles. The Hall–Kier alpha value is -3.51. The second-order valence-electron chi connectivity index (χ2n) is 12.1. The number of likely N-dealkylation sites (tertiary alicyclic amines) is 1. The fourth-order valence-corrected chi connectivity index (χ4v) is 5.45. The highest BCUT2D eigenvalue weighted by Gasteiger charge is 2.40. The molecule has 0 aromatic heterocycles. The maximum absolute atomic E-state index is 13.0. The van der Waals surface area contributed by atoms with Crippen molar-refractivity contribution < 1.29 is 28.7 Å². The van der Waals surface area contributed by atoms with Gasteiger partial charge in [-0.05, 0) is 65.1 Å². The molecule has 1 aromatic rings. The van der Waals surface area contributed by atoms with E-state index in [1.807, 2.05) is 20.8 Å². The molecule has 2 fully saturated rings. The quantitative estimate of drug-likeness (QED) is 0.284. The molecule has 0 bridgehead atoms. The summed E-state index contributed by atoms with van der Waals surface area (Å²) in [5, 5.41) is 5.21. The summed E-state index contributed by atoms with van der Waals surface area (Å²) in [6.07, 6.45) is 2.48. The van der Waals surface area contributed by atoms with Crippen molar-refractivity contribution in [3.63, 3.8) is 0 Å². The standard InChI is InChI=1S/C29H42N6O6/c1-29(2,3)41-28(40)34(16-15-33-14-12-19(30)17-33)13-5-4-9-24(36)31-22-8-6-7-20-21(22)18-35(27(20)39)23-10-11-25(37)32-26(23)38/h6-8,19,23H,4-5,9-18,30H2,1-3H3,(H,31,36)(H,32,37,38). The Kier molecular flexibility index (Phi) is 9.64. The molecule has 0 spiro atoms. The van der Waals surface area contributed by atoms with Gasteiger partial charge in [-0.25, -0.2) is 4.79 Å². The summed E-state index contributed by atoms with van der Waals surface area (Å²) >= 11 is 0. The van der Waals surface area contributed by atoms with Crippen molar-refractivity contribution in [3.8, 4) is 0 Å². The molecular weight excluding hydrogens is 528 g/mol. The molecule has 0 saturated carbocycles. The zero-order valence-corrected chi connectivity index (χ0v) is 24.2. The summed E-state index contributed by atoms with van der Waals surface area (Å²) in [5.74, 6) is -1.30. The number of imide groups is 1. The van der Waals surface area contributed by atoms with Crippen molar-refractivity contribution in [2.24, 2.45) is 5.73 Å². The third-order valence-electron chi connectivity index (χ3n) is 7.58. The van der Waals surface area contributed by atoms with Gasteiger partial charge in [0.25, 0.3) is 5.91 Å². The Bertz CT molecular complexity index is 1180. The number of amides is 5. The number of rotatable bonds is 10. The summed E-state index contributed by atoms with van der Waals surface area (Å²) < 4.78 is 5.60. The number of nitrogens with two attached hydrogens (primary N) is 1. The Morgan fingerprint density at radius 2 is 1.93 bits per heavy atom. The predicted molar refractivity (Wildman–Crippen MR) is 152 cm³/mol. The molecule has 0 radical (unpaired) electrons. The molecule has 4 rings (SSSR count). The number of nitrogens with zero attached hydrogens (tertiary/aromatic N) is 3. The van der Waals surface area contributed by atoms with E-state index in [2.05, 4.69) is 15.5 Å². The van der Waals surface area contributed by atoms with Gasteiger partial charge in [0.1, 0.15) is 11.6 Å². The van der Waals surface area contributed by atoms with E-state index in [9.17, 15) is 24.0 Å². The van der Waals surface area contributed by atoms with Crippen molar-refractivity contribution >= 4 is 35.4 Å². The van der Waals surface area contributed by atoms with Crippen molar-refractivity contribution in [2.75, 3.05) is 38.0 Å². The Morgan fingerprint density at radius 1 is 1.15 bits per heavy atom. The summed E-state index contributed by atoms with van der Waals surface area (Å²) in [4.78, 5) is 68.0. The molecular formula is C29H42N6O6. The second kappa shape index (κ2) is 13.0. The average molecular weight is 571 g/mol. The van der Waals surface area contributed by atoms with E-state index < -0.39 is 17.6 Å². The Labute approximate surface area is 240 Å². The minimum atomic E-state index is -0.716. The predicted octanol–water partition coefficient (Wildman–Crippen LogP) is 1.83. The van der Waals surface area contributed by atoms with Crippen molar-refractivity contribution in [1.82, 2.24) is 20.0 Å². The van der Waals surface area contributed by atoms with Crippen LogP contribution in [0.5, 0.6) is 0 Å². The molecule has 1 aromatic carbocycles. The lowest BCUT2D eigenvalue weighted by molar-refractivity contribution is -0.137. The smallest absolute Gasteiger partial charge is 0.410 e. The average Bonchev–Trinajstić information content (AvgIpc) is 3.45. The molecule has 3 heterocycles. The molecule has 3 aliphatic heterocycles. The van der Waals surface area contributed by atoms with Crippen molar-refractivity contribution in [1.29, 1.82) is 0 Å². The van der Waals surface area contributed by atoms with Crippen LogP contribution in [-0.4, -0.2) is 94.8 Å². The van der Waals surface area contributed by atoms with Crippen LogP contribution in [0.1, 0.15) is 75.2 Å². The lowest BCUT2D eigenvalue weighted by atomic mass is 10.0. The molecule has 12 heteroatoms. The minimum Gasteiger partial charge on any atom is -0.444 e. The maximum atomic E-state index is 13.0. The number of nitrogens with one attached hydrogen (secondary N) is 2. The van der Waals surface area contributed by atoms with Crippen molar-refractivity contribution in [2.45, 2.75) is 83.5 Å². The van der Waals surface area contributed by atoms with Crippen LogP contribution >= 0.6 is 0 Å². The number of piperidine rings is 1. The van der Waals surface area contributed by atoms with E-state index in [0.29, 0.717) is 42.7 Å². The van der Waals surface area contributed by atoms with Crippen LogP contribution in [0.2, 0.25) is 0 Å². The molecule has 41 heavy (non-hydrogen) atoms. The normalized spacial score (nSPS) is 21.1. The highest BCUT2D eigenvalue weighted by Crippen LogP contribution is 2.32. The molecule has 2 atom stereocenters. The molecule has 224 valence electrons. The lowest BCUT2D eigenvalue weighted by Crippen LogP contribution is -2.52. The summed E-state index contributed by atoms with van der Waals surface area (Å²) in [6, 6.07) is 4.58. The van der Waals surface area contributed by atoms with Gasteiger partial charge in [-0.15, -0.1) is 0 Å². The van der Waals surface area contributed by atoms with Crippen molar-refractivity contribution in [3.05, 3.63) is 29.3 Å². The van der Waals surface area contributed by atoms with Crippen LogP contribution < -0.4 is 16.4 Å². The van der Waals surface area contributed by atoms with Gasteiger partial charge in [0.05, 0.1) is 0 Å². The van der Waals surface area contributed by atoms with Crippen LogP contribution in [0.25, 0.3) is 0 Å². The number of fused-ring (bicyclic) bond motifs is 1. The topological polar surface area (TPSA) is 154 Å². The first kappa shape index (κ1) is 30.4. The lowest BCUT2D eigenvalue weighted by Gasteiger charge is -2.29. The van der Waals surface area contributed by atoms with E-state index in [4.69, 9.17) is 10.5 Å². The fourth-order valence-electron chi connectivity index (χ4n) is 5.45. The third-order valence-corrected chi connectivity index (χ3v) is 7.58. The van der Waals surface area contributed by atoms with E-state index in [-0.39, 0.29) is 55.7 Å². The maximum Gasteiger partial charge on any atom is 0.410 e. The van der Waals surface area contributed by atoms with E-state index in [1.54, 1.807) is 23.1 Å². The number of anilines is 1. The molecule has 3 aliphatic rings. The number of hydrogen-bond donors (Lipinski definition) is 3. The van der Waals surface area contributed by atoms with Crippen LogP contribution in [0.3, 0.4) is 0 Å². The van der Waals surface area contributed by atoms with Gasteiger partial charge < -0.3 is 25.6 Å². The number of hydrogen-bond acceptors (Lipinski definition) is 8. The highest BCUT2D eigenvalue weighted by atomic mass is 16.6. The first-order chi connectivity index (χ1) is 19.4. The number of ether oxygens (including phenoxy) is 1. The highest BCUT2D eigenvalue weighted by molar-refractivity contribution is 6.06. The number of unbranched alkanes of at least 4 members (excludes halogenated alkanes) is 1. The molecule has 2 unspecified atom stereocenters. The third kappa shape index (κ3) is 8.04. The summed E-state index contributed by atoms with van der Waals surface area (Å²) in [6.45, 7) is 9.16. The van der Waals surface area contributed by atoms with E-state index >= 15 is 0 Å². The van der Waals surface area contributed by atoms with Gasteiger partial charge in [-0.2, -0.15) is 0 Å². The minimum absolute atomic E-state index is 0.174. The van der Waals surface area contributed by atoms with Crippen LogP contribution in [0, 0.1) is 0 Å². The Morgan fingerprint density at radius 3 is 2.61 bits per heavy atom. The number of benzene rings is 1. The largest absolute Gasteiger partial charge is 0.444 e. The second-order valence-corrected chi connectivity index (χ2v) is 12.1. The Balaban J connectivity index is 1.28. The zero-order valence-electron chi connectivity index (χ0n) is 24.2. The summed E-state index contributed by atoms with van der Waals surface area (Å²) in [7, 11) is 0. The molecule has 12 nitrogen and oxygen atoms in total. The molecule has 5 amide bonds. The van der Waals surface area contributed by atoms with Gasteiger partial charge >= 0.3 is 6.09 Å². The van der Waals surface area contributed by atoms with Gasteiger partial charge in [-0.3, -0.25) is 29.4 Å². The van der Waals surface area contributed by atoms with Gasteiger partial charge in [0.15, 0.2) is 0 Å². The number of carbonyl (C=O) groups is 5. The van der Waals surface area contributed by atoms with Gasteiger partial charge in [0.2, 0.25) is 17.7 Å². The zero-order chi connectivity index (χ0) is 29.7. The number of carbonyl (C=O) groups excluding carboxylic acids is 5. The summed E-state index contributed by atoms with van der Waals surface area (Å²) in [5.41, 5.74) is 7.05. The molecule has 4 N–H and O–H groups in total. The van der Waals surface area contributed by atoms with Crippen LogP contribution in [0.4, 0.5) is 10.5 Å². The van der Waals surface area contributed by atoms with Gasteiger partial charge in [0, 0.05) is 68.4 Å². The van der Waals surface area contributed by atoms with E-state index in [0.717, 1.165) is 26.1 Å². The monoisotopic (exact) mass is 570 g/mol. The fraction of sp³-hybridized carbons (Fsp3) is 0.621. The first-order valence-electron chi connectivity index (χ1n) is 14.4. The van der Waals surface area contributed by atoms with Crippen LogP contribution in [-0.2, 0) is 25.7 Å². The van der Waals surface area contributed by atoms with E-state index in [1.165, 1.54) is 4.90 Å². The van der Waals surface area contributed by atoms with Gasteiger partial charge in [-0.1, -0.05) is 6.07 Å². The SMILES string of the molecule is CC(C)(C)OC(=O)N(CCCCC(=O)Nc1cccc2c1CN(C1CCC(=O)NC1=O)C2=O)CCN1CCC(N)C1. The van der Waals surface area contributed by atoms with Crippen LogP contribution in [0.15, 0.2) is 18.2 Å². The first-order valence-corrected chi connectivity index (χ1v) is 14.4.